The number of thioether (sulfide) groups is 1. The molecule has 0 spiro atoms. The van der Waals surface area contributed by atoms with Crippen molar-refractivity contribution in [3.63, 3.8) is 0 Å². The summed E-state index contributed by atoms with van der Waals surface area (Å²) in [5.41, 5.74) is 1.01. The lowest BCUT2D eigenvalue weighted by Gasteiger charge is -2.17. The molecule has 0 fully saturated rings. The van der Waals surface area contributed by atoms with Crippen LogP contribution < -0.4 is 5.32 Å². The summed E-state index contributed by atoms with van der Waals surface area (Å²) in [4.78, 5) is 0. The normalized spacial score (nSPS) is 12.8. The van der Waals surface area contributed by atoms with Crippen molar-refractivity contribution < 1.29 is 4.39 Å². The van der Waals surface area contributed by atoms with Crippen LogP contribution in [-0.4, -0.2) is 18.6 Å². The van der Waals surface area contributed by atoms with Crippen molar-refractivity contribution in [2.45, 2.75) is 19.4 Å². The van der Waals surface area contributed by atoms with Gasteiger partial charge in [0.25, 0.3) is 0 Å². The van der Waals surface area contributed by atoms with Crippen LogP contribution in [0.3, 0.4) is 0 Å². The molecule has 0 amide bonds. The van der Waals surface area contributed by atoms with Gasteiger partial charge in [0.1, 0.15) is 5.82 Å². The quantitative estimate of drug-likeness (QED) is 0.798. The Morgan fingerprint density at radius 3 is 2.75 bits per heavy atom. The maximum atomic E-state index is 13.3. The minimum Gasteiger partial charge on any atom is -0.309 e. The summed E-state index contributed by atoms with van der Waals surface area (Å²) in [7, 11) is 0. The smallest absolute Gasteiger partial charge is 0.124 e. The Bertz CT molecular complexity index is 313. The van der Waals surface area contributed by atoms with E-state index >= 15 is 0 Å². The van der Waals surface area contributed by atoms with Gasteiger partial charge in [-0.3, -0.25) is 0 Å². The van der Waals surface area contributed by atoms with E-state index in [1.165, 1.54) is 6.07 Å². The summed E-state index contributed by atoms with van der Waals surface area (Å²) < 4.78 is 14.0. The molecule has 1 aromatic rings. The van der Waals surface area contributed by atoms with E-state index in [1.54, 1.807) is 6.07 Å². The molecule has 0 saturated heterocycles. The summed E-state index contributed by atoms with van der Waals surface area (Å²) in [5.74, 6) is 0.891. The molecule has 1 aromatic carbocycles. The molecule has 0 aliphatic heterocycles. The molecule has 0 aromatic heterocycles. The highest BCUT2D eigenvalue weighted by Gasteiger charge is 2.10. The largest absolute Gasteiger partial charge is 0.309 e. The van der Waals surface area contributed by atoms with E-state index in [0.29, 0.717) is 0 Å². The summed E-state index contributed by atoms with van der Waals surface area (Å²) in [6, 6.07) is 5.30. The second kappa shape index (κ2) is 7.30. The van der Waals surface area contributed by atoms with Crippen LogP contribution in [0.4, 0.5) is 4.39 Å². The highest BCUT2D eigenvalue weighted by atomic mass is 79.9. The number of rotatable bonds is 6. The second-order valence-electron chi connectivity index (χ2n) is 3.61. The van der Waals surface area contributed by atoms with Gasteiger partial charge in [0.2, 0.25) is 0 Å². The van der Waals surface area contributed by atoms with Crippen LogP contribution in [-0.2, 0) is 0 Å². The van der Waals surface area contributed by atoms with Gasteiger partial charge in [-0.2, -0.15) is 11.8 Å². The zero-order valence-corrected chi connectivity index (χ0v) is 12.0. The van der Waals surface area contributed by atoms with Crippen molar-refractivity contribution in [3.05, 3.63) is 34.1 Å². The molecule has 16 heavy (non-hydrogen) atoms. The summed E-state index contributed by atoms with van der Waals surface area (Å²) >= 11 is 5.13. The number of benzene rings is 1. The van der Waals surface area contributed by atoms with Crippen molar-refractivity contribution in [2.75, 3.05) is 18.6 Å². The van der Waals surface area contributed by atoms with E-state index in [4.69, 9.17) is 0 Å². The molecule has 1 nitrogen and oxygen atoms in total. The molecule has 1 unspecified atom stereocenters. The maximum Gasteiger partial charge on any atom is 0.124 e. The Labute approximate surface area is 109 Å². The van der Waals surface area contributed by atoms with Gasteiger partial charge in [0.15, 0.2) is 0 Å². The van der Waals surface area contributed by atoms with E-state index in [2.05, 4.69) is 34.4 Å². The van der Waals surface area contributed by atoms with Crippen LogP contribution in [0.2, 0.25) is 0 Å². The Balaban J connectivity index is 2.70. The molecule has 1 rings (SSSR count). The predicted octanol–water partition coefficient (Wildman–Crippen LogP) is 3.99. The highest BCUT2D eigenvalue weighted by Crippen LogP contribution is 2.22. The van der Waals surface area contributed by atoms with Crippen LogP contribution in [0.15, 0.2) is 22.7 Å². The summed E-state index contributed by atoms with van der Waals surface area (Å²) in [5, 5.41) is 3.43. The first-order valence-corrected chi connectivity index (χ1v) is 7.54. The fourth-order valence-electron chi connectivity index (χ4n) is 1.61. The molecule has 0 heterocycles. The molecule has 0 bridgehead atoms. The van der Waals surface area contributed by atoms with Crippen molar-refractivity contribution in [2.24, 2.45) is 0 Å². The number of halogens is 2. The average Bonchev–Trinajstić information content (AvgIpc) is 2.23. The van der Waals surface area contributed by atoms with Crippen molar-refractivity contribution in [1.29, 1.82) is 0 Å². The van der Waals surface area contributed by atoms with Crippen molar-refractivity contribution in [1.82, 2.24) is 5.32 Å². The van der Waals surface area contributed by atoms with Gasteiger partial charge in [-0.25, -0.2) is 4.39 Å². The van der Waals surface area contributed by atoms with E-state index in [0.717, 1.165) is 28.8 Å². The first-order chi connectivity index (χ1) is 7.67. The van der Waals surface area contributed by atoms with Gasteiger partial charge in [-0.15, -0.1) is 0 Å². The Morgan fingerprint density at radius 2 is 2.19 bits per heavy atom. The zero-order chi connectivity index (χ0) is 12.0. The van der Waals surface area contributed by atoms with E-state index in [-0.39, 0.29) is 11.9 Å². The molecule has 1 atom stereocenters. The van der Waals surface area contributed by atoms with Crippen LogP contribution in [0.25, 0.3) is 0 Å². The third-order valence-electron chi connectivity index (χ3n) is 2.39. The molecule has 0 saturated carbocycles. The Kier molecular flexibility index (Phi) is 6.39. The second-order valence-corrected chi connectivity index (χ2v) is 5.51. The maximum absolute atomic E-state index is 13.3. The van der Waals surface area contributed by atoms with Crippen molar-refractivity contribution in [3.8, 4) is 0 Å². The van der Waals surface area contributed by atoms with Crippen LogP contribution in [0.5, 0.6) is 0 Å². The number of hydrogen-bond donors (Lipinski definition) is 1. The molecule has 4 heteroatoms. The van der Waals surface area contributed by atoms with E-state index in [1.807, 2.05) is 17.8 Å². The molecule has 90 valence electrons. The average molecular weight is 306 g/mol. The van der Waals surface area contributed by atoms with E-state index in [9.17, 15) is 4.39 Å². The standard InChI is InChI=1S/C12H17BrFNS/c1-3-12(15-4-5-16-2)9-6-10(13)8-11(14)7-9/h6-8,12,15H,3-5H2,1-2H3. The molecular formula is C12H17BrFNS. The molecule has 0 aliphatic carbocycles. The Morgan fingerprint density at radius 1 is 1.44 bits per heavy atom. The fraction of sp³-hybridized carbons (Fsp3) is 0.500. The van der Waals surface area contributed by atoms with E-state index < -0.39 is 0 Å². The lowest BCUT2D eigenvalue weighted by Crippen LogP contribution is -2.23. The Hall–Kier alpha value is -0.0600. The minimum absolute atomic E-state index is 0.186. The molecule has 0 radical (unpaired) electrons. The van der Waals surface area contributed by atoms with Gasteiger partial charge in [-0.1, -0.05) is 22.9 Å². The first kappa shape index (κ1) is 14.0. The lowest BCUT2D eigenvalue weighted by atomic mass is 10.0. The van der Waals surface area contributed by atoms with Gasteiger partial charge in [0, 0.05) is 22.8 Å². The minimum atomic E-state index is -0.186. The molecule has 0 aliphatic rings. The predicted molar refractivity (Wildman–Crippen MR) is 73.5 cm³/mol. The topological polar surface area (TPSA) is 12.0 Å². The van der Waals surface area contributed by atoms with Gasteiger partial charge in [-0.05, 0) is 36.4 Å². The molecular weight excluding hydrogens is 289 g/mol. The number of hydrogen-bond acceptors (Lipinski definition) is 2. The van der Waals surface area contributed by atoms with Gasteiger partial charge < -0.3 is 5.32 Å². The summed E-state index contributed by atoms with van der Waals surface area (Å²) in [6.07, 6.45) is 3.05. The van der Waals surface area contributed by atoms with Gasteiger partial charge in [0.05, 0.1) is 0 Å². The SMILES string of the molecule is CCC(NCCSC)c1cc(F)cc(Br)c1. The monoisotopic (exact) mass is 305 g/mol. The zero-order valence-electron chi connectivity index (χ0n) is 9.59. The number of nitrogens with one attached hydrogen (secondary N) is 1. The lowest BCUT2D eigenvalue weighted by molar-refractivity contribution is 0.533. The van der Waals surface area contributed by atoms with Crippen molar-refractivity contribution >= 4 is 27.7 Å². The highest BCUT2D eigenvalue weighted by molar-refractivity contribution is 9.10. The van der Waals surface area contributed by atoms with Crippen LogP contribution >= 0.6 is 27.7 Å². The third-order valence-corrected chi connectivity index (χ3v) is 3.46. The van der Waals surface area contributed by atoms with Crippen LogP contribution in [0.1, 0.15) is 24.9 Å². The first-order valence-electron chi connectivity index (χ1n) is 5.35. The summed E-state index contributed by atoms with van der Waals surface area (Å²) in [6.45, 7) is 3.06. The third kappa shape index (κ3) is 4.44. The van der Waals surface area contributed by atoms with Crippen LogP contribution in [0, 0.1) is 5.82 Å². The molecule has 1 N–H and O–H groups in total. The van der Waals surface area contributed by atoms with Gasteiger partial charge >= 0.3 is 0 Å². The fourth-order valence-corrected chi connectivity index (χ4v) is 2.41.